The second-order valence-corrected chi connectivity index (χ2v) is 16.1. The zero-order valence-electron chi connectivity index (χ0n) is 36.2. The van der Waals surface area contributed by atoms with Crippen molar-refractivity contribution in [2.45, 2.75) is 96.3 Å². The number of aliphatic hydroxyl groups excluding tert-OH is 1. The largest absolute Gasteiger partial charge is 0.445 e. The first kappa shape index (κ1) is 48.8. The Kier molecular flexibility index (Phi) is 18.5. The molecule has 0 aliphatic heterocycles. The van der Waals surface area contributed by atoms with E-state index in [-0.39, 0.29) is 30.7 Å². The monoisotopic (exact) mass is 862 g/mol. The molecule has 0 aromatic heterocycles. The van der Waals surface area contributed by atoms with Crippen LogP contribution in [0.15, 0.2) is 121 Å². The number of aliphatic hydroxyl groups is 1. The van der Waals surface area contributed by atoms with E-state index in [9.17, 15) is 38.7 Å². The van der Waals surface area contributed by atoms with E-state index in [1.54, 1.807) is 135 Å². The molecule has 2 unspecified atom stereocenters. The van der Waals surface area contributed by atoms with Crippen molar-refractivity contribution in [3.63, 3.8) is 0 Å². The van der Waals surface area contributed by atoms with Gasteiger partial charge in [0.05, 0.1) is 0 Å². The Morgan fingerprint density at radius 1 is 0.524 bits per heavy atom. The fourth-order valence-electron chi connectivity index (χ4n) is 6.63. The van der Waals surface area contributed by atoms with Gasteiger partial charge < -0.3 is 42.2 Å². The van der Waals surface area contributed by atoms with Crippen molar-refractivity contribution in [3.8, 4) is 0 Å². The number of primary amides is 1. The summed E-state index contributed by atoms with van der Waals surface area (Å²) in [6.07, 6.45) is -3.03. The van der Waals surface area contributed by atoms with E-state index in [4.69, 9.17) is 10.5 Å². The molecule has 8 N–H and O–H groups in total. The van der Waals surface area contributed by atoms with Gasteiger partial charge in [0.15, 0.2) is 6.10 Å². The number of rotatable bonds is 22. The molecule has 0 aliphatic rings. The highest BCUT2D eigenvalue weighted by Gasteiger charge is 2.36. The third kappa shape index (κ3) is 15.2. The number of carbonyl (C=O) groups excluding carboxylic acids is 7. The number of benzene rings is 4. The first-order valence-corrected chi connectivity index (χ1v) is 20.9. The summed E-state index contributed by atoms with van der Waals surface area (Å²) in [5.41, 5.74) is 7.37. The highest BCUT2D eigenvalue weighted by atomic mass is 16.6. The maximum absolute atomic E-state index is 14.2. The lowest BCUT2D eigenvalue weighted by molar-refractivity contribution is -0.165. The molecule has 63 heavy (non-hydrogen) atoms. The summed E-state index contributed by atoms with van der Waals surface area (Å²) in [6.45, 7) is 8.52. The molecule has 0 fully saturated rings. The second-order valence-electron chi connectivity index (χ2n) is 16.1. The molecule has 0 saturated carbocycles. The molecule has 0 spiro atoms. The minimum absolute atomic E-state index is 0.0130. The normalized spacial score (nSPS) is 14.4. The van der Waals surface area contributed by atoms with E-state index >= 15 is 0 Å². The molecular weight excluding hydrogens is 805 g/mol. The van der Waals surface area contributed by atoms with Gasteiger partial charge in [0.1, 0.15) is 30.2 Å². The van der Waals surface area contributed by atoms with E-state index < -0.39 is 89.7 Å². The van der Waals surface area contributed by atoms with E-state index in [1.165, 1.54) is 6.92 Å². The Bertz CT molecular complexity index is 2140. The summed E-state index contributed by atoms with van der Waals surface area (Å²) >= 11 is 0. The van der Waals surface area contributed by atoms with Gasteiger partial charge in [-0.2, -0.15) is 0 Å². The topological polar surface area (TPSA) is 235 Å². The summed E-state index contributed by atoms with van der Waals surface area (Å²) in [5.74, 6) is -6.10. The molecule has 0 bridgehead atoms. The molecule has 4 rings (SSSR count). The van der Waals surface area contributed by atoms with Gasteiger partial charge in [0.2, 0.25) is 35.6 Å². The highest BCUT2D eigenvalue weighted by Crippen LogP contribution is 2.23. The molecule has 6 amide bonds. The Hall–Kier alpha value is -6.87. The molecule has 15 heteroatoms. The molecule has 7 atom stereocenters. The van der Waals surface area contributed by atoms with Crippen LogP contribution in [0.5, 0.6) is 0 Å². The van der Waals surface area contributed by atoms with Crippen LogP contribution in [-0.2, 0) is 51.1 Å². The van der Waals surface area contributed by atoms with Crippen molar-refractivity contribution < 1.29 is 43.4 Å². The van der Waals surface area contributed by atoms with Crippen LogP contribution in [0.4, 0.5) is 0 Å². The van der Waals surface area contributed by atoms with Gasteiger partial charge in [0.25, 0.3) is 5.91 Å². The second kappa shape index (κ2) is 23.9. The summed E-state index contributed by atoms with van der Waals surface area (Å²) in [4.78, 5) is 95.0. The quantitative estimate of drug-likeness (QED) is 0.0575. The first-order valence-electron chi connectivity index (χ1n) is 20.9. The summed E-state index contributed by atoms with van der Waals surface area (Å²) < 4.78 is 5.60. The van der Waals surface area contributed by atoms with Gasteiger partial charge in [-0.3, -0.25) is 28.8 Å². The Morgan fingerprint density at radius 2 is 0.937 bits per heavy atom. The molecular formula is C48H58N6O9. The van der Waals surface area contributed by atoms with Crippen LogP contribution in [0, 0.1) is 11.8 Å². The number of amides is 6. The zero-order chi connectivity index (χ0) is 46.1. The lowest BCUT2D eigenvalue weighted by atomic mass is 9.98. The summed E-state index contributed by atoms with van der Waals surface area (Å²) in [7, 11) is 0. The summed E-state index contributed by atoms with van der Waals surface area (Å²) in [6, 6.07) is 28.2. The van der Waals surface area contributed by atoms with Crippen molar-refractivity contribution in [2.75, 3.05) is 0 Å². The number of esters is 1. The van der Waals surface area contributed by atoms with Gasteiger partial charge in [0, 0.05) is 18.4 Å². The Balaban J connectivity index is 1.57. The average Bonchev–Trinajstić information content (AvgIpc) is 3.27. The van der Waals surface area contributed by atoms with E-state index in [0.717, 1.165) is 5.56 Å². The SMILES string of the molecule is CC(C)C[C@@H](NC(=O)C(OC(=O)C(O)c1ccccc1)c1ccccc1)C(=O)N[C@@H](C(=O)N[C@H](Cc1ccccc1)C(=O)N[C@H](Cc1ccccc1)C(=O)N[C@H](C)C(N)=O)C(C)C. The predicted octanol–water partition coefficient (Wildman–Crippen LogP) is 3.12. The predicted molar refractivity (Wildman–Crippen MR) is 236 cm³/mol. The molecule has 4 aromatic rings. The van der Waals surface area contributed by atoms with Gasteiger partial charge in [-0.1, -0.05) is 149 Å². The molecule has 0 radical (unpaired) electrons. The van der Waals surface area contributed by atoms with Crippen molar-refractivity contribution in [1.82, 2.24) is 26.6 Å². The molecule has 4 aromatic carbocycles. The maximum atomic E-state index is 14.2. The highest BCUT2D eigenvalue weighted by molar-refractivity contribution is 5.97. The van der Waals surface area contributed by atoms with E-state index in [0.29, 0.717) is 11.1 Å². The summed E-state index contributed by atoms with van der Waals surface area (Å²) in [5, 5.41) is 24.3. The van der Waals surface area contributed by atoms with Crippen LogP contribution in [0.25, 0.3) is 0 Å². The fraction of sp³-hybridized carbons (Fsp3) is 0.354. The van der Waals surface area contributed by atoms with Gasteiger partial charge >= 0.3 is 5.97 Å². The van der Waals surface area contributed by atoms with E-state index in [2.05, 4.69) is 26.6 Å². The van der Waals surface area contributed by atoms with Crippen molar-refractivity contribution in [1.29, 1.82) is 0 Å². The van der Waals surface area contributed by atoms with E-state index in [1.807, 2.05) is 13.8 Å². The van der Waals surface area contributed by atoms with Gasteiger partial charge in [-0.25, -0.2) is 4.79 Å². The molecule has 0 heterocycles. The molecule has 334 valence electrons. The van der Waals surface area contributed by atoms with Crippen molar-refractivity contribution in [3.05, 3.63) is 144 Å². The Labute approximate surface area is 367 Å². The maximum Gasteiger partial charge on any atom is 0.340 e. The Morgan fingerprint density at radius 3 is 1.40 bits per heavy atom. The van der Waals surface area contributed by atoms with Crippen LogP contribution < -0.4 is 32.3 Å². The number of nitrogens with two attached hydrogens (primary N) is 1. The lowest BCUT2D eigenvalue weighted by Crippen LogP contribution is -2.60. The number of hydrogen-bond acceptors (Lipinski definition) is 9. The van der Waals surface area contributed by atoms with Crippen LogP contribution >= 0.6 is 0 Å². The average molecular weight is 863 g/mol. The van der Waals surface area contributed by atoms with Crippen LogP contribution in [0.2, 0.25) is 0 Å². The fourth-order valence-corrected chi connectivity index (χ4v) is 6.63. The molecule has 0 saturated heterocycles. The number of nitrogens with one attached hydrogen (secondary N) is 5. The van der Waals surface area contributed by atoms with Gasteiger partial charge in [-0.05, 0) is 41.9 Å². The molecule has 0 aliphatic carbocycles. The van der Waals surface area contributed by atoms with Crippen molar-refractivity contribution in [2.24, 2.45) is 17.6 Å². The first-order chi connectivity index (χ1) is 30.0. The van der Waals surface area contributed by atoms with Gasteiger partial charge in [-0.15, -0.1) is 0 Å². The van der Waals surface area contributed by atoms with Crippen LogP contribution in [0.3, 0.4) is 0 Å². The lowest BCUT2D eigenvalue weighted by Gasteiger charge is -2.29. The standard InChI is InChI=1S/C48H58N6O9/c1-29(2)26-36(53-47(61)41(35-24-16-9-17-25-35)63-48(62)40(55)34-22-14-8-15-23-34)45(59)54-39(30(3)4)46(60)52-38(28-33-20-12-7-13-21-33)44(58)51-37(27-32-18-10-6-11-19-32)43(57)50-31(5)42(49)56/h6-25,29-31,36-41,55H,26-28H2,1-5H3,(H2,49,56)(H,50,57)(H,51,58)(H,52,60)(H,53,61)(H,54,59)/t31-,36-,37-,38-,39-,40?,41?/m1/s1. The van der Waals surface area contributed by atoms with Crippen molar-refractivity contribution >= 4 is 41.4 Å². The number of carbonyl (C=O) groups is 7. The minimum atomic E-state index is -1.68. The third-order valence-corrected chi connectivity index (χ3v) is 10.1. The third-order valence-electron chi connectivity index (χ3n) is 10.1. The van der Waals surface area contributed by atoms with Crippen LogP contribution in [-0.4, -0.2) is 76.7 Å². The smallest absolute Gasteiger partial charge is 0.340 e. The number of ether oxygens (including phenoxy) is 1. The minimum Gasteiger partial charge on any atom is -0.445 e. The molecule has 15 nitrogen and oxygen atoms in total. The number of hydrogen-bond donors (Lipinski definition) is 7. The zero-order valence-corrected chi connectivity index (χ0v) is 36.2. The van der Waals surface area contributed by atoms with Crippen LogP contribution in [0.1, 0.15) is 75.5 Å².